The van der Waals surface area contributed by atoms with E-state index >= 15 is 0 Å². The third kappa shape index (κ3) is 4.43. The Morgan fingerprint density at radius 1 is 1.09 bits per heavy atom. The summed E-state index contributed by atoms with van der Waals surface area (Å²) in [6.45, 7) is 11.8. The molecule has 2 rings (SSSR count). The van der Waals surface area contributed by atoms with Crippen molar-refractivity contribution in [2.24, 2.45) is 4.40 Å². The molecule has 2 aromatic rings. The van der Waals surface area contributed by atoms with Gasteiger partial charge in [0, 0.05) is 11.3 Å². The number of aromatic nitrogens is 1. The summed E-state index contributed by atoms with van der Waals surface area (Å²) in [6.07, 6.45) is 0. The Balaban J connectivity index is 2.62. The highest BCUT2D eigenvalue weighted by molar-refractivity contribution is 7.91. The third-order valence-electron chi connectivity index (χ3n) is 3.47. The molecule has 1 unspecified atom stereocenters. The number of hydrogen-bond acceptors (Lipinski definition) is 3. The first-order valence-corrected chi connectivity index (χ1v) is 8.81. The molecule has 0 bridgehead atoms. The highest BCUT2D eigenvalue weighted by Crippen LogP contribution is 2.22. The van der Waals surface area contributed by atoms with E-state index in [2.05, 4.69) is 22.4 Å². The van der Waals surface area contributed by atoms with E-state index in [0.717, 1.165) is 22.5 Å². The van der Waals surface area contributed by atoms with Crippen LogP contribution in [0, 0.1) is 20.8 Å². The van der Waals surface area contributed by atoms with Crippen molar-refractivity contribution in [3.63, 3.8) is 0 Å². The maximum atomic E-state index is 12.6. The molecule has 1 aromatic carbocycles. The zero-order valence-electron chi connectivity index (χ0n) is 14.7. The van der Waals surface area contributed by atoms with E-state index in [4.69, 9.17) is 0 Å². The fraction of sp³-hybridized carbons (Fsp3) is 0.368. The largest absolute Gasteiger partial charge is 0.591 e. The zero-order valence-corrected chi connectivity index (χ0v) is 15.5. The van der Waals surface area contributed by atoms with Crippen molar-refractivity contribution >= 4 is 17.1 Å². The number of hydrogen-bond donors (Lipinski definition) is 0. The first-order valence-electron chi connectivity index (χ1n) is 7.71. The molecule has 0 amide bonds. The lowest BCUT2D eigenvalue weighted by atomic mass is 9.99. The summed E-state index contributed by atoms with van der Waals surface area (Å²) in [6, 6.07) is 12.0. The van der Waals surface area contributed by atoms with Gasteiger partial charge >= 0.3 is 0 Å². The number of rotatable bonds is 3. The lowest BCUT2D eigenvalue weighted by Crippen LogP contribution is -2.27. The van der Waals surface area contributed by atoms with Crippen LogP contribution in [0.15, 0.2) is 40.8 Å². The second-order valence-electron chi connectivity index (χ2n) is 6.78. The normalized spacial score (nSPS) is 14.0. The predicted molar refractivity (Wildman–Crippen MR) is 98.4 cm³/mol. The topological polar surface area (TPSA) is 48.3 Å². The van der Waals surface area contributed by atoms with Crippen LogP contribution in [0.25, 0.3) is 0 Å². The van der Waals surface area contributed by atoms with Crippen LogP contribution in [0.5, 0.6) is 0 Å². The van der Waals surface area contributed by atoms with E-state index < -0.39 is 16.1 Å². The molecule has 0 fully saturated rings. The quantitative estimate of drug-likeness (QED) is 0.623. The van der Waals surface area contributed by atoms with E-state index in [1.54, 1.807) is 0 Å². The van der Waals surface area contributed by atoms with Crippen molar-refractivity contribution in [3.05, 3.63) is 64.5 Å². The third-order valence-corrected chi connectivity index (χ3v) is 4.86. The number of aryl methyl sites for hydroxylation is 3. The molecule has 0 spiro atoms. The summed E-state index contributed by atoms with van der Waals surface area (Å²) in [4.78, 5) is 4.58. The van der Waals surface area contributed by atoms with Crippen molar-refractivity contribution in [2.45, 2.75) is 46.3 Å². The molecule has 0 aliphatic heterocycles. The van der Waals surface area contributed by atoms with Crippen LogP contribution >= 0.6 is 0 Å². The number of nitrogens with zero attached hydrogens (tertiary/aromatic N) is 2. The van der Waals surface area contributed by atoms with Gasteiger partial charge in [0.05, 0.1) is 5.69 Å². The van der Waals surface area contributed by atoms with Gasteiger partial charge < -0.3 is 4.55 Å². The molecule has 3 nitrogen and oxygen atoms in total. The second-order valence-corrected chi connectivity index (χ2v) is 8.69. The minimum Gasteiger partial charge on any atom is -0.591 e. The Bertz CT molecular complexity index is 732. The van der Waals surface area contributed by atoms with Gasteiger partial charge in [0.25, 0.3) is 0 Å². The SMILES string of the molecule is Cc1ccc(/C(=N\[S+]([O-])C(C)(C)C)c2cccc(C)n2)c(C)c1. The average molecular weight is 328 g/mol. The van der Waals surface area contributed by atoms with E-state index in [0.29, 0.717) is 5.71 Å². The van der Waals surface area contributed by atoms with Gasteiger partial charge in [-0.2, -0.15) is 0 Å². The molecular formula is C19H24N2OS. The van der Waals surface area contributed by atoms with Gasteiger partial charge in [-0.1, -0.05) is 34.2 Å². The van der Waals surface area contributed by atoms with Crippen LogP contribution in [-0.2, 0) is 11.4 Å². The predicted octanol–water partition coefficient (Wildman–Crippen LogP) is 4.31. The van der Waals surface area contributed by atoms with Gasteiger partial charge in [-0.15, -0.1) is 0 Å². The van der Waals surface area contributed by atoms with Crippen LogP contribution in [0.3, 0.4) is 0 Å². The van der Waals surface area contributed by atoms with Crippen molar-refractivity contribution < 1.29 is 4.55 Å². The summed E-state index contributed by atoms with van der Waals surface area (Å²) >= 11 is -1.34. The molecule has 0 aliphatic carbocycles. The molecule has 23 heavy (non-hydrogen) atoms. The van der Waals surface area contributed by atoms with E-state index in [9.17, 15) is 4.55 Å². The Hall–Kier alpha value is -1.65. The Morgan fingerprint density at radius 2 is 1.78 bits per heavy atom. The molecule has 1 atom stereocenters. The Morgan fingerprint density at radius 3 is 2.35 bits per heavy atom. The molecule has 0 N–H and O–H groups in total. The van der Waals surface area contributed by atoms with Gasteiger partial charge in [-0.25, -0.2) is 0 Å². The molecule has 4 heteroatoms. The monoisotopic (exact) mass is 328 g/mol. The summed E-state index contributed by atoms with van der Waals surface area (Å²) < 4.78 is 16.7. The standard InChI is InChI=1S/C19H24N2OS/c1-13-10-11-16(14(2)12-13)18(21-23(22)19(4,5)6)17-9-7-8-15(3)20-17/h7-12H,1-6H3/b21-18+. The fourth-order valence-corrected chi connectivity index (χ4v) is 2.84. The summed E-state index contributed by atoms with van der Waals surface area (Å²) in [5.41, 5.74) is 5.65. The maximum absolute atomic E-state index is 12.6. The van der Waals surface area contributed by atoms with Crippen LogP contribution in [0.2, 0.25) is 0 Å². The summed E-state index contributed by atoms with van der Waals surface area (Å²) in [5.74, 6) is 0. The second kappa shape index (κ2) is 6.85. The molecular weight excluding hydrogens is 304 g/mol. The number of benzene rings is 1. The van der Waals surface area contributed by atoms with Gasteiger partial charge in [-0.3, -0.25) is 4.98 Å². The van der Waals surface area contributed by atoms with Gasteiger partial charge in [-0.05, 0) is 59.2 Å². The van der Waals surface area contributed by atoms with Crippen LogP contribution in [-0.4, -0.2) is 20.0 Å². The lowest BCUT2D eigenvalue weighted by Gasteiger charge is -2.20. The van der Waals surface area contributed by atoms with Crippen LogP contribution < -0.4 is 0 Å². The lowest BCUT2D eigenvalue weighted by molar-refractivity contribution is 0.561. The van der Waals surface area contributed by atoms with E-state index in [1.807, 2.05) is 65.0 Å². The van der Waals surface area contributed by atoms with Crippen molar-refractivity contribution in [3.8, 4) is 0 Å². The summed E-state index contributed by atoms with van der Waals surface area (Å²) in [5, 5.41) is 0. The molecule has 1 aromatic heterocycles. The molecule has 0 saturated heterocycles. The summed E-state index contributed by atoms with van der Waals surface area (Å²) in [7, 11) is 0. The van der Waals surface area contributed by atoms with Crippen molar-refractivity contribution in [2.75, 3.05) is 0 Å². The average Bonchev–Trinajstić information content (AvgIpc) is 2.44. The van der Waals surface area contributed by atoms with Gasteiger partial charge in [0.15, 0.2) is 0 Å². The maximum Gasteiger partial charge on any atom is 0.147 e. The van der Waals surface area contributed by atoms with Crippen molar-refractivity contribution in [1.82, 2.24) is 4.98 Å². The molecule has 1 heterocycles. The Labute approximate surface area is 142 Å². The fourth-order valence-electron chi connectivity index (χ4n) is 2.21. The highest BCUT2D eigenvalue weighted by atomic mass is 32.2. The molecule has 0 saturated carbocycles. The molecule has 122 valence electrons. The Kier molecular flexibility index (Phi) is 5.27. The van der Waals surface area contributed by atoms with Crippen LogP contribution in [0.1, 0.15) is 48.8 Å². The van der Waals surface area contributed by atoms with Gasteiger partial charge in [0.1, 0.15) is 21.8 Å². The zero-order chi connectivity index (χ0) is 17.2. The van der Waals surface area contributed by atoms with E-state index in [-0.39, 0.29) is 0 Å². The minimum absolute atomic E-state index is 0.409. The van der Waals surface area contributed by atoms with Crippen molar-refractivity contribution in [1.29, 1.82) is 0 Å². The first-order chi connectivity index (χ1) is 10.7. The van der Waals surface area contributed by atoms with Crippen LogP contribution in [0.4, 0.5) is 0 Å². The first kappa shape index (κ1) is 17.7. The molecule has 0 radical (unpaired) electrons. The van der Waals surface area contributed by atoms with E-state index in [1.165, 1.54) is 5.56 Å². The van der Waals surface area contributed by atoms with Gasteiger partial charge in [0.2, 0.25) is 0 Å². The molecule has 0 aliphatic rings. The number of pyridine rings is 1. The highest BCUT2D eigenvalue weighted by Gasteiger charge is 2.28. The smallest absolute Gasteiger partial charge is 0.147 e. The minimum atomic E-state index is -1.34.